The zero-order valence-electron chi connectivity index (χ0n) is 20.2. The van der Waals surface area contributed by atoms with Crippen molar-refractivity contribution in [2.45, 2.75) is 71.3 Å². The Bertz CT molecular complexity index is 1050. The Balaban J connectivity index is 1.13. The second-order valence-electron chi connectivity index (χ2n) is 9.75. The number of amides is 2. The molecule has 0 aromatic carbocycles. The van der Waals surface area contributed by atoms with Crippen LogP contribution in [0.25, 0.3) is 10.2 Å². The second kappa shape index (κ2) is 11.9. The number of piperidine rings is 1. The molecule has 1 saturated heterocycles. The molecule has 4 rings (SSSR count). The van der Waals surface area contributed by atoms with E-state index in [4.69, 9.17) is 0 Å². The van der Waals surface area contributed by atoms with E-state index >= 15 is 0 Å². The van der Waals surface area contributed by atoms with Crippen LogP contribution in [0, 0.1) is 5.92 Å². The minimum absolute atomic E-state index is 0.0228. The molecular weight excluding hydrogens is 450 g/mol. The highest BCUT2D eigenvalue weighted by Crippen LogP contribution is 2.33. The number of thiophene rings is 1. The van der Waals surface area contributed by atoms with Gasteiger partial charge in [0.05, 0.1) is 11.7 Å². The van der Waals surface area contributed by atoms with Crippen molar-refractivity contribution in [1.82, 2.24) is 25.1 Å². The minimum atomic E-state index is -0.233. The molecule has 1 aliphatic heterocycles. The Morgan fingerprint density at radius 2 is 1.82 bits per heavy atom. The van der Waals surface area contributed by atoms with Crippen molar-refractivity contribution in [2.24, 2.45) is 5.92 Å². The van der Waals surface area contributed by atoms with E-state index in [2.05, 4.69) is 27.4 Å². The van der Waals surface area contributed by atoms with E-state index in [-0.39, 0.29) is 23.9 Å². The van der Waals surface area contributed by atoms with Crippen LogP contribution in [0.2, 0.25) is 0 Å². The average molecular weight is 488 g/mol. The molecule has 2 amide bonds. The maximum absolute atomic E-state index is 13.0. The van der Waals surface area contributed by atoms with Crippen molar-refractivity contribution in [3.63, 3.8) is 0 Å². The van der Waals surface area contributed by atoms with E-state index in [0.29, 0.717) is 31.3 Å². The monoisotopic (exact) mass is 487 g/mol. The number of aromatic nitrogens is 2. The Morgan fingerprint density at radius 1 is 1.09 bits per heavy atom. The lowest BCUT2D eigenvalue weighted by Crippen LogP contribution is -2.35. The topological polar surface area (TPSA) is 96.3 Å². The maximum Gasteiger partial charge on any atom is 0.262 e. The van der Waals surface area contributed by atoms with Gasteiger partial charge in [0, 0.05) is 24.4 Å². The molecule has 9 heteroatoms. The molecule has 0 saturated carbocycles. The Hall–Kier alpha value is -2.26. The number of hydrogen-bond donors (Lipinski definition) is 2. The summed E-state index contributed by atoms with van der Waals surface area (Å²) in [4.78, 5) is 46.3. The third kappa shape index (κ3) is 6.44. The Labute approximate surface area is 205 Å². The number of likely N-dealkylation sites (tertiary alicyclic amines) is 1. The summed E-state index contributed by atoms with van der Waals surface area (Å²) in [5.41, 5.74) is 1.01. The summed E-state index contributed by atoms with van der Waals surface area (Å²) >= 11 is 1.61. The lowest BCUT2D eigenvalue weighted by molar-refractivity contribution is -0.123. The molecule has 0 spiro atoms. The molecule has 1 aliphatic carbocycles. The fourth-order valence-electron chi connectivity index (χ4n) is 4.89. The first-order chi connectivity index (χ1) is 16.5. The summed E-state index contributed by atoms with van der Waals surface area (Å²) in [6.07, 6.45) is 10.1. The zero-order chi connectivity index (χ0) is 23.9. The fourth-order valence-corrected chi connectivity index (χ4v) is 6.11. The van der Waals surface area contributed by atoms with Crippen molar-refractivity contribution in [1.29, 1.82) is 0 Å². The molecule has 3 heterocycles. The maximum atomic E-state index is 13.0. The molecule has 8 nitrogen and oxygen atoms in total. The van der Waals surface area contributed by atoms with E-state index in [9.17, 15) is 14.4 Å². The Kier molecular flexibility index (Phi) is 8.72. The molecule has 0 unspecified atom stereocenters. The van der Waals surface area contributed by atoms with Crippen molar-refractivity contribution < 1.29 is 9.59 Å². The summed E-state index contributed by atoms with van der Waals surface area (Å²) < 4.78 is 1.40. The first-order valence-electron chi connectivity index (χ1n) is 12.8. The quantitative estimate of drug-likeness (QED) is 0.502. The van der Waals surface area contributed by atoms with Crippen molar-refractivity contribution in [3.05, 3.63) is 27.1 Å². The molecule has 0 radical (unpaired) electrons. The van der Waals surface area contributed by atoms with Crippen LogP contribution in [0.3, 0.4) is 0 Å². The van der Waals surface area contributed by atoms with Crippen molar-refractivity contribution in [2.75, 3.05) is 32.7 Å². The van der Waals surface area contributed by atoms with Gasteiger partial charge >= 0.3 is 0 Å². The number of nitrogens with zero attached hydrogens (tertiary/aromatic N) is 3. The number of carbonyl (C=O) groups is 2. The highest BCUT2D eigenvalue weighted by molar-refractivity contribution is 7.18. The SMILES string of the molecule is CC1CCN(CCCNC(=O)CCCNC(=O)Cn2cnc3sc4c(c3c2=O)CCCC4)CC1. The number of fused-ring (bicyclic) bond motifs is 3. The highest BCUT2D eigenvalue weighted by atomic mass is 32.1. The fraction of sp³-hybridized carbons (Fsp3) is 0.680. The minimum Gasteiger partial charge on any atom is -0.356 e. The van der Waals surface area contributed by atoms with E-state index in [1.165, 1.54) is 41.7 Å². The van der Waals surface area contributed by atoms with Crippen LogP contribution in [-0.4, -0.2) is 59.0 Å². The van der Waals surface area contributed by atoms with Crippen molar-refractivity contribution in [3.8, 4) is 0 Å². The van der Waals surface area contributed by atoms with Gasteiger partial charge in [-0.05, 0) is 82.5 Å². The van der Waals surface area contributed by atoms with Gasteiger partial charge in [-0.3, -0.25) is 19.0 Å². The summed E-state index contributed by atoms with van der Waals surface area (Å²) in [5.74, 6) is 0.627. The standard InChI is InChI=1S/C25H37N5O3S/c1-18-9-14-29(15-10-18)13-5-12-26-21(31)8-4-11-27-22(32)16-30-17-28-24-23(25(30)33)19-6-2-3-7-20(19)34-24/h17-18H,2-16H2,1H3,(H,26,31)(H,27,32). The number of nitrogens with one attached hydrogen (secondary N) is 2. The summed E-state index contributed by atoms with van der Waals surface area (Å²) in [5, 5.41) is 6.49. The third-order valence-corrected chi connectivity index (χ3v) is 8.21. The Morgan fingerprint density at radius 3 is 2.65 bits per heavy atom. The van der Waals surface area contributed by atoms with Gasteiger partial charge < -0.3 is 15.5 Å². The molecule has 186 valence electrons. The molecule has 2 aliphatic rings. The van der Waals surface area contributed by atoms with Crippen LogP contribution in [0.4, 0.5) is 0 Å². The van der Waals surface area contributed by atoms with Gasteiger partial charge in [0.25, 0.3) is 5.56 Å². The molecule has 1 fully saturated rings. The molecule has 0 atom stereocenters. The number of carbonyl (C=O) groups excluding carboxylic acids is 2. The van der Waals surface area contributed by atoms with E-state index in [1.807, 2.05) is 0 Å². The van der Waals surface area contributed by atoms with Gasteiger partial charge in [-0.25, -0.2) is 4.98 Å². The number of hydrogen-bond acceptors (Lipinski definition) is 6. The van der Waals surface area contributed by atoms with Gasteiger partial charge in [-0.15, -0.1) is 11.3 Å². The first-order valence-corrected chi connectivity index (χ1v) is 13.6. The van der Waals surface area contributed by atoms with Gasteiger partial charge in [-0.1, -0.05) is 6.92 Å². The third-order valence-electron chi connectivity index (χ3n) is 7.01. The largest absolute Gasteiger partial charge is 0.356 e. The summed E-state index contributed by atoms with van der Waals surface area (Å²) in [7, 11) is 0. The molecular formula is C25H37N5O3S. The summed E-state index contributed by atoms with van der Waals surface area (Å²) in [6.45, 7) is 6.75. The van der Waals surface area contributed by atoms with Crippen LogP contribution in [0.15, 0.2) is 11.1 Å². The number of aryl methyl sites for hydroxylation is 2. The molecule has 2 aromatic rings. The average Bonchev–Trinajstić information content (AvgIpc) is 3.22. The zero-order valence-corrected chi connectivity index (χ0v) is 21.1. The number of rotatable bonds is 10. The van der Waals surface area contributed by atoms with Gasteiger partial charge in [0.1, 0.15) is 11.4 Å². The second-order valence-corrected chi connectivity index (χ2v) is 10.8. The lowest BCUT2D eigenvalue weighted by Gasteiger charge is -2.30. The predicted octanol–water partition coefficient (Wildman–Crippen LogP) is 2.47. The smallest absolute Gasteiger partial charge is 0.262 e. The van der Waals surface area contributed by atoms with E-state index in [0.717, 1.165) is 55.0 Å². The van der Waals surface area contributed by atoms with E-state index in [1.54, 1.807) is 11.3 Å². The van der Waals surface area contributed by atoms with E-state index < -0.39 is 0 Å². The van der Waals surface area contributed by atoms with Gasteiger partial charge in [0.15, 0.2) is 0 Å². The summed E-state index contributed by atoms with van der Waals surface area (Å²) in [6, 6.07) is 0. The van der Waals surface area contributed by atoms with Crippen LogP contribution in [0.1, 0.15) is 62.3 Å². The lowest BCUT2D eigenvalue weighted by atomic mass is 9.97. The normalized spacial score (nSPS) is 17.0. The van der Waals surface area contributed by atoms with Crippen LogP contribution in [-0.2, 0) is 29.0 Å². The molecule has 2 N–H and O–H groups in total. The first kappa shape index (κ1) is 24.9. The van der Waals surface area contributed by atoms with Crippen molar-refractivity contribution >= 4 is 33.4 Å². The van der Waals surface area contributed by atoms with Crippen LogP contribution >= 0.6 is 11.3 Å². The van der Waals surface area contributed by atoms with Gasteiger partial charge in [-0.2, -0.15) is 0 Å². The van der Waals surface area contributed by atoms with Crippen LogP contribution in [0.5, 0.6) is 0 Å². The van der Waals surface area contributed by atoms with Crippen LogP contribution < -0.4 is 16.2 Å². The highest BCUT2D eigenvalue weighted by Gasteiger charge is 2.20. The predicted molar refractivity (Wildman–Crippen MR) is 135 cm³/mol. The molecule has 2 aromatic heterocycles. The molecule has 0 bridgehead atoms. The molecule has 34 heavy (non-hydrogen) atoms. The van der Waals surface area contributed by atoms with Gasteiger partial charge in [0.2, 0.25) is 11.8 Å².